The van der Waals surface area contributed by atoms with Crippen LogP contribution in [0.5, 0.6) is 0 Å². The molecule has 2 aliphatic carbocycles. The second kappa shape index (κ2) is 14.4. The zero-order valence-electron chi connectivity index (χ0n) is 38.4. The van der Waals surface area contributed by atoms with Crippen LogP contribution in [0, 0.1) is 0 Å². The SMILES string of the molecule is c1ccc2c(c1)-c1cccc3c1c(c1oc4cccc5c6ccccc6n(-c6cccc7c6oc6c(C8CCCCC8)cccc67)c3c1c45)N2c1cccc2c1oc1c(C3CCCCC3)cccc12. The molecule has 1 aliphatic heterocycles. The summed E-state index contributed by atoms with van der Waals surface area (Å²) in [4.78, 5) is 2.46. The molecule has 3 aliphatic rings. The second-order valence-corrected chi connectivity index (χ2v) is 20.2. The molecule has 5 nitrogen and oxygen atoms in total. The van der Waals surface area contributed by atoms with E-state index in [0.717, 1.165) is 110 Å². The lowest BCUT2D eigenvalue weighted by Crippen LogP contribution is -2.16. The topological polar surface area (TPSA) is 47.6 Å². The molecular formula is C64H48N2O3. The van der Waals surface area contributed by atoms with Crippen molar-refractivity contribution in [3.63, 3.8) is 0 Å². The van der Waals surface area contributed by atoms with Crippen LogP contribution in [0.4, 0.5) is 17.1 Å². The highest BCUT2D eigenvalue weighted by Crippen LogP contribution is 2.59. The third-order valence-corrected chi connectivity index (χ3v) is 16.7. The summed E-state index contributed by atoms with van der Waals surface area (Å²) in [5, 5.41) is 11.5. The number of para-hydroxylation sites is 6. The lowest BCUT2D eigenvalue weighted by atomic mass is 9.83. The van der Waals surface area contributed by atoms with Crippen LogP contribution in [-0.2, 0) is 0 Å². The average Bonchev–Trinajstić information content (AvgIpc) is 4.10. The molecule has 9 aromatic carbocycles. The standard InChI is InChI=1S/C64H48N2O3/c1-3-17-37(18-4-1)39-23-11-27-45-47-29-14-34-52(62(47)68-60(39)45)65-50-32-9-8-22-42(50)44-26-16-36-54-56(44)57-58(65)49-31-13-25-43-41-21-7-10-33-51(41)66(59(55(43)49)64(57)67-54)53-35-15-30-48-46-28-12-24-40(61(46)69-63(48)53)38-19-5-2-6-20-38/h7-16,21-38H,1-6,17-20H2. The third-order valence-electron chi connectivity index (χ3n) is 16.7. The van der Waals surface area contributed by atoms with Crippen molar-refractivity contribution in [2.45, 2.75) is 76.0 Å². The maximum Gasteiger partial charge on any atom is 0.162 e. The fraction of sp³-hybridized carbons (Fsp3) is 0.188. The van der Waals surface area contributed by atoms with Gasteiger partial charge in [-0.25, -0.2) is 0 Å². The average molecular weight is 893 g/mol. The predicted octanol–water partition coefficient (Wildman–Crippen LogP) is 19.2. The summed E-state index contributed by atoms with van der Waals surface area (Å²) in [6.45, 7) is 0. The highest BCUT2D eigenvalue weighted by atomic mass is 16.3. The number of furan rings is 3. The number of rotatable bonds is 4. The summed E-state index contributed by atoms with van der Waals surface area (Å²) in [7, 11) is 0. The van der Waals surface area contributed by atoms with Crippen molar-refractivity contribution in [3.05, 3.63) is 169 Å². The second-order valence-electron chi connectivity index (χ2n) is 20.2. The normalized spacial score (nSPS) is 16.0. The molecule has 0 unspecified atom stereocenters. The van der Waals surface area contributed by atoms with Gasteiger partial charge >= 0.3 is 0 Å². The Morgan fingerprint density at radius 1 is 0.348 bits per heavy atom. The van der Waals surface area contributed by atoms with Gasteiger partial charge in [0.05, 0.1) is 39.2 Å². The summed E-state index contributed by atoms with van der Waals surface area (Å²) >= 11 is 0. The Hall–Kier alpha value is -7.76. The molecule has 0 atom stereocenters. The molecule has 2 fully saturated rings. The Kier molecular flexibility index (Phi) is 7.97. The van der Waals surface area contributed by atoms with Crippen LogP contribution < -0.4 is 4.90 Å². The maximum absolute atomic E-state index is 7.46. The van der Waals surface area contributed by atoms with Crippen LogP contribution in [-0.4, -0.2) is 4.57 Å². The van der Waals surface area contributed by atoms with E-state index in [2.05, 4.69) is 167 Å². The van der Waals surface area contributed by atoms with Crippen molar-refractivity contribution in [1.29, 1.82) is 0 Å². The van der Waals surface area contributed by atoms with Gasteiger partial charge in [0, 0.05) is 48.7 Å². The van der Waals surface area contributed by atoms with E-state index < -0.39 is 0 Å². The molecule has 2 saturated carbocycles. The van der Waals surface area contributed by atoms with Gasteiger partial charge in [0.15, 0.2) is 16.7 Å². The zero-order valence-corrected chi connectivity index (χ0v) is 38.4. The molecule has 69 heavy (non-hydrogen) atoms. The number of fused-ring (bicyclic) bond motifs is 12. The van der Waals surface area contributed by atoms with E-state index >= 15 is 0 Å². The van der Waals surface area contributed by atoms with Crippen LogP contribution >= 0.6 is 0 Å². The fourth-order valence-electron chi connectivity index (χ4n) is 13.7. The molecule has 13 aromatic rings. The summed E-state index contributed by atoms with van der Waals surface area (Å²) in [5.41, 5.74) is 17.0. The first-order valence-corrected chi connectivity index (χ1v) is 25.4. The van der Waals surface area contributed by atoms with E-state index in [1.165, 1.54) is 97.2 Å². The molecule has 0 saturated heterocycles. The molecule has 332 valence electrons. The molecule has 5 heteroatoms. The van der Waals surface area contributed by atoms with E-state index in [-0.39, 0.29) is 0 Å². The first-order valence-electron chi connectivity index (χ1n) is 25.4. The van der Waals surface area contributed by atoms with Crippen molar-refractivity contribution in [1.82, 2.24) is 4.57 Å². The molecular weight excluding hydrogens is 845 g/mol. The van der Waals surface area contributed by atoms with Gasteiger partial charge < -0.3 is 22.7 Å². The Bertz CT molecular complexity index is 4300. The number of benzene rings is 9. The number of anilines is 3. The summed E-state index contributed by atoms with van der Waals surface area (Å²) in [5.74, 6) is 1.02. The molecule has 0 radical (unpaired) electrons. The Morgan fingerprint density at radius 3 is 1.59 bits per heavy atom. The fourth-order valence-corrected chi connectivity index (χ4v) is 13.7. The van der Waals surface area contributed by atoms with E-state index in [0.29, 0.717) is 11.8 Å². The first kappa shape index (κ1) is 38.2. The van der Waals surface area contributed by atoms with Crippen molar-refractivity contribution in [2.24, 2.45) is 0 Å². The summed E-state index contributed by atoms with van der Waals surface area (Å²) in [6.07, 6.45) is 12.6. The minimum Gasteiger partial charge on any atom is -0.454 e. The molecule has 0 N–H and O–H groups in total. The van der Waals surface area contributed by atoms with Crippen LogP contribution in [0.2, 0.25) is 0 Å². The minimum atomic E-state index is 0.509. The lowest BCUT2D eigenvalue weighted by molar-refractivity contribution is 0.442. The lowest BCUT2D eigenvalue weighted by Gasteiger charge is -2.33. The van der Waals surface area contributed by atoms with Gasteiger partial charge in [-0.2, -0.15) is 0 Å². The Balaban J connectivity index is 1.06. The minimum absolute atomic E-state index is 0.509. The molecule has 0 amide bonds. The number of aromatic nitrogens is 1. The smallest absolute Gasteiger partial charge is 0.162 e. The van der Waals surface area contributed by atoms with Crippen molar-refractivity contribution >= 4 is 115 Å². The van der Waals surface area contributed by atoms with Crippen molar-refractivity contribution in [2.75, 3.05) is 4.90 Å². The molecule has 4 aromatic heterocycles. The molecule has 0 bridgehead atoms. The van der Waals surface area contributed by atoms with Gasteiger partial charge in [-0.1, -0.05) is 166 Å². The maximum atomic E-state index is 7.46. The van der Waals surface area contributed by atoms with E-state index in [1.54, 1.807) is 0 Å². The number of hydrogen-bond acceptors (Lipinski definition) is 4. The van der Waals surface area contributed by atoms with Crippen LogP contribution in [0.15, 0.2) is 171 Å². The van der Waals surface area contributed by atoms with E-state index in [9.17, 15) is 0 Å². The zero-order chi connectivity index (χ0) is 44.9. The highest BCUT2D eigenvalue weighted by molar-refractivity contribution is 6.37. The Labute approximate surface area is 398 Å². The van der Waals surface area contributed by atoms with Gasteiger partial charge in [0.25, 0.3) is 0 Å². The molecule has 5 heterocycles. The third kappa shape index (κ3) is 5.20. The van der Waals surface area contributed by atoms with Crippen LogP contribution in [0.3, 0.4) is 0 Å². The van der Waals surface area contributed by atoms with Gasteiger partial charge in [0.2, 0.25) is 0 Å². The highest BCUT2D eigenvalue weighted by Gasteiger charge is 2.35. The van der Waals surface area contributed by atoms with Gasteiger partial charge in [-0.3, -0.25) is 0 Å². The predicted molar refractivity (Wildman–Crippen MR) is 285 cm³/mol. The Morgan fingerprint density at radius 2 is 0.870 bits per heavy atom. The molecule has 16 rings (SSSR count). The summed E-state index contributed by atoms with van der Waals surface area (Å²) < 4.78 is 24.6. The van der Waals surface area contributed by atoms with Crippen molar-refractivity contribution in [3.8, 4) is 16.8 Å². The van der Waals surface area contributed by atoms with E-state index in [4.69, 9.17) is 13.3 Å². The van der Waals surface area contributed by atoms with Crippen molar-refractivity contribution < 1.29 is 13.3 Å². The number of nitrogens with zero attached hydrogens (tertiary/aromatic N) is 2. The largest absolute Gasteiger partial charge is 0.454 e. The van der Waals surface area contributed by atoms with Crippen LogP contribution in [0.1, 0.15) is 87.2 Å². The van der Waals surface area contributed by atoms with Gasteiger partial charge in [-0.05, 0) is 89.9 Å². The monoisotopic (exact) mass is 892 g/mol. The van der Waals surface area contributed by atoms with Gasteiger partial charge in [-0.15, -0.1) is 0 Å². The first-order chi connectivity index (χ1) is 34.3. The van der Waals surface area contributed by atoms with E-state index in [1.807, 2.05) is 0 Å². The number of hydrogen-bond donors (Lipinski definition) is 0. The molecule has 0 spiro atoms. The summed E-state index contributed by atoms with van der Waals surface area (Å²) in [6, 6.07) is 58.4. The van der Waals surface area contributed by atoms with Crippen LogP contribution in [0.25, 0.3) is 115 Å². The quantitative estimate of drug-likeness (QED) is 0.177. The van der Waals surface area contributed by atoms with Gasteiger partial charge in [0.1, 0.15) is 16.7 Å².